The number of carboxylic acids is 1. The largest absolute Gasteiger partial charge is 0.495 e. The van der Waals surface area contributed by atoms with E-state index in [4.69, 9.17) is 16.3 Å². The number of nitrogens with one attached hydrogen (secondary N) is 1. The molecule has 0 aliphatic rings. The number of aryl methyl sites for hydroxylation is 1. The molecule has 122 valence electrons. The number of methoxy groups -OCH3 is 1. The summed E-state index contributed by atoms with van der Waals surface area (Å²) in [6, 6.07) is 3.32. The zero-order valence-electron chi connectivity index (χ0n) is 12.6. The summed E-state index contributed by atoms with van der Waals surface area (Å²) in [5.74, 6) is -1.29. The van der Waals surface area contributed by atoms with Crippen molar-refractivity contribution >= 4 is 23.5 Å². The number of aliphatic carboxylic acids is 1. The van der Waals surface area contributed by atoms with Crippen LogP contribution in [0.15, 0.2) is 30.6 Å². The van der Waals surface area contributed by atoms with Crippen molar-refractivity contribution in [3.05, 3.63) is 46.7 Å². The predicted octanol–water partition coefficient (Wildman–Crippen LogP) is 2.12. The van der Waals surface area contributed by atoms with E-state index in [1.54, 1.807) is 23.0 Å². The quantitative estimate of drug-likeness (QED) is 0.842. The van der Waals surface area contributed by atoms with Crippen LogP contribution in [0.1, 0.15) is 28.9 Å². The van der Waals surface area contributed by atoms with Crippen molar-refractivity contribution in [2.75, 3.05) is 7.11 Å². The summed E-state index contributed by atoms with van der Waals surface area (Å²) in [6.07, 6.45) is 2.94. The van der Waals surface area contributed by atoms with E-state index in [2.05, 4.69) is 10.4 Å². The molecule has 2 aromatic rings. The number of amides is 1. The first kappa shape index (κ1) is 16.8. The molecule has 1 heterocycles. The van der Waals surface area contributed by atoms with Crippen molar-refractivity contribution in [1.82, 2.24) is 15.1 Å². The molecule has 0 radical (unpaired) electrons. The number of carboxylic acid groups (broad SMARTS) is 1. The first-order valence-corrected chi connectivity index (χ1v) is 7.23. The summed E-state index contributed by atoms with van der Waals surface area (Å²) in [5.41, 5.74) is 0.636. The number of benzene rings is 1. The molecule has 2 N–H and O–H groups in total. The van der Waals surface area contributed by atoms with Crippen LogP contribution in [0.3, 0.4) is 0 Å². The number of halogens is 1. The smallest absolute Gasteiger partial charge is 0.330 e. The predicted molar refractivity (Wildman–Crippen MR) is 83.7 cm³/mol. The maximum absolute atomic E-state index is 12.2. The van der Waals surface area contributed by atoms with Gasteiger partial charge in [-0.25, -0.2) is 4.79 Å². The van der Waals surface area contributed by atoms with E-state index in [0.29, 0.717) is 17.9 Å². The number of ether oxygens (including phenoxy) is 1. The maximum atomic E-state index is 12.2. The minimum absolute atomic E-state index is 0.268. The Morgan fingerprint density at radius 1 is 1.48 bits per heavy atom. The summed E-state index contributed by atoms with van der Waals surface area (Å²) in [4.78, 5) is 23.7. The molecule has 0 unspecified atom stereocenters. The fraction of sp³-hybridized carbons (Fsp3) is 0.267. The van der Waals surface area contributed by atoms with Crippen LogP contribution in [0, 0.1) is 0 Å². The van der Waals surface area contributed by atoms with Gasteiger partial charge >= 0.3 is 5.97 Å². The molecule has 2 rings (SSSR count). The summed E-state index contributed by atoms with van der Waals surface area (Å²) < 4.78 is 6.61. The molecule has 0 saturated heterocycles. The molecule has 0 aliphatic carbocycles. The van der Waals surface area contributed by atoms with Crippen LogP contribution in [0.5, 0.6) is 5.75 Å². The molecule has 1 aromatic heterocycles. The van der Waals surface area contributed by atoms with Gasteiger partial charge < -0.3 is 15.2 Å². The average Bonchev–Trinajstić information content (AvgIpc) is 3.01. The number of rotatable bonds is 6. The van der Waals surface area contributed by atoms with Crippen LogP contribution < -0.4 is 10.1 Å². The van der Waals surface area contributed by atoms with Crippen LogP contribution in [0.4, 0.5) is 0 Å². The molecule has 0 aliphatic heterocycles. The second-order valence-corrected chi connectivity index (χ2v) is 5.13. The SMILES string of the molecule is CCn1cc(C(=O)N[C@H](C(=O)O)c2ccc(OC)c(Cl)c2)cn1. The van der Waals surface area contributed by atoms with Crippen molar-refractivity contribution in [3.8, 4) is 5.75 Å². The van der Waals surface area contributed by atoms with E-state index < -0.39 is 17.9 Å². The highest BCUT2D eigenvalue weighted by Crippen LogP contribution is 2.27. The second-order valence-electron chi connectivity index (χ2n) is 4.72. The lowest BCUT2D eigenvalue weighted by molar-refractivity contribution is -0.139. The van der Waals surface area contributed by atoms with Gasteiger partial charge in [-0.05, 0) is 24.6 Å². The normalized spacial score (nSPS) is 11.8. The molecule has 8 heteroatoms. The van der Waals surface area contributed by atoms with E-state index in [-0.39, 0.29) is 10.6 Å². The molecular formula is C15H16ClN3O4. The van der Waals surface area contributed by atoms with Gasteiger partial charge in [0.05, 0.1) is 23.9 Å². The molecule has 7 nitrogen and oxygen atoms in total. The molecule has 0 spiro atoms. The second kappa shape index (κ2) is 7.15. The molecule has 0 saturated carbocycles. The summed E-state index contributed by atoms with van der Waals surface area (Å²) in [6.45, 7) is 2.50. The van der Waals surface area contributed by atoms with E-state index in [9.17, 15) is 14.7 Å². The van der Waals surface area contributed by atoms with Gasteiger partial charge in [0.2, 0.25) is 0 Å². The van der Waals surface area contributed by atoms with E-state index in [1.165, 1.54) is 19.4 Å². The fourth-order valence-electron chi connectivity index (χ4n) is 2.02. The standard InChI is InChI=1S/C15H16ClN3O4/c1-3-19-8-10(7-17-19)14(20)18-13(15(21)22)9-4-5-12(23-2)11(16)6-9/h4-8,13H,3H2,1-2H3,(H,18,20)(H,21,22)/t13-/m0/s1. The summed E-state index contributed by atoms with van der Waals surface area (Å²) in [7, 11) is 1.46. The van der Waals surface area contributed by atoms with Gasteiger partial charge in [0.25, 0.3) is 5.91 Å². The van der Waals surface area contributed by atoms with Gasteiger partial charge in [0, 0.05) is 12.7 Å². The lowest BCUT2D eigenvalue weighted by Gasteiger charge is -2.15. The Hall–Kier alpha value is -2.54. The van der Waals surface area contributed by atoms with E-state index in [1.807, 2.05) is 6.92 Å². The molecule has 23 heavy (non-hydrogen) atoms. The fourth-order valence-corrected chi connectivity index (χ4v) is 2.28. The van der Waals surface area contributed by atoms with Crippen molar-refractivity contribution in [3.63, 3.8) is 0 Å². The number of aromatic nitrogens is 2. The Kier molecular flexibility index (Phi) is 5.23. The summed E-state index contributed by atoms with van der Waals surface area (Å²) in [5, 5.41) is 16.1. The van der Waals surface area contributed by atoms with Crippen LogP contribution in [-0.4, -0.2) is 33.9 Å². The highest BCUT2D eigenvalue weighted by atomic mass is 35.5. The van der Waals surface area contributed by atoms with Crippen molar-refractivity contribution in [2.45, 2.75) is 19.5 Å². The number of carbonyl (C=O) groups is 2. The Morgan fingerprint density at radius 3 is 2.74 bits per heavy atom. The van der Waals surface area contributed by atoms with Crippen LogP contribution in [0.25, 0.3) is 0 Å². The Labute approximate surface area is 137 Å². The number of nitrogens with zero attached hydrogens (tertiary/aromatic N) is 2. The van der Waals surface area contributed by atoms with Crippen LogP contribution in [-0.2, 0) is 11.3 Å². The van der Waals surface area contributed by atoms with Crippen molar-refractivity contribution in [2.24, 2.45) is 0 Å². The lowest BCUT2D eigenvalue weighted by Crippen LogP contribution is -2.33. The zero-order chi connectivity index (χ0) is 17.0. The van der Waals surface area contributed by atoms with Crippen LogP contribution in [0.2, 0.25) is 5.02 Å². The van der Waals surface area contributed by atoms with E-state index >= 15 is 0 Å². The first-order valence-electron chi connectivity index (χ1n) is 6.85. The Balaban J connectivity index is 2.23. The van der Waals surface area contributed by atoms with Gasteiger partial charge in [-0.3, -0.25) is 9.48 Å². The van der Waals surface area contributed by atoms with Gasteiger partial charge in [0.1, 0.15) is 5.75 Å². The highest BCUT2D eigenvalue weighted by Gasteiger charge is 2.24. The minimum atomic E-state index is -1.23. The van der Waals surface area contributed by atoms with Gasteiger partial charge in [-0.1, -0.05) is 17.7 Å². The van der Waals surface area contributed by atoms with Gasteiger partial charge in [-0.15, -0.1) is 0 Å². The third-order valence-electron chi connectivity index (χ3n) is 3.25. The molecule has 1 atom stereocenters. The Bertz CT molecular complexity index is 729. The van der Waals surface area contributed by atoms with Crippen molar-refractivity contribution < 1.29 is 19.4 Å². The molecule has 1 amide bonds. The number of hydrogen-bond donors (Lipinski definition) is 2. The topological polar surface area (TPSA) is 93.5 Å². The molecule has 0 fully saturated rings. The monoisotopic (exact) mass is 337 g/mol. The molecule has 1 aromatic carbocycles. The van der Waals surface area contributed by atoms with Gasteiger partial charge in [0.15, 0.2) is 6.04 Å². The average molecular weight is 338 g/mol. The highest BCUT2D eigenvalue weighted by molar-refractivity contribution is 6.32. The van der Waals surface area contributed by atoms with Gasteiger partial charge in [-0.2, -0.15) is 5.10 Å². The summed E-state index contributed by atoms with van der Waals surface area (Å²) >= 11 is 6.01. The third-order valence-corrected chi connectivity index (χ3v) is 3.55. The molecule has 0 bridgehead atoms. The van der Waals surface area contributed by atoms with Crippen LogP contribution >= 0.6 is 11.6 Å². The maximum Gasteiger partial charge on any atom is 0.330 e. The zero-order valence-corrected chi connectivity index (χ0v) is 13.4. The van der Waals surface area contributed by atoms with E-state index in [0.717, 1.165) is 0 Å². The lowest BCUT2D eigenvalue weighted by atomic mass is 10.1. The molecular weight excluding hydrogens is 322 g/mol. The number of carbonyl (C=O) groups excluding carboxylic acids is 1. The third kappa shape index (κ3) is 3.81. The van der Waals surface area contributed by atoms with Crippen molar-refractivity contribution in [1.29, 1.82) is 0 Å². The Morgan fingerprint density at radius 2 is 2.22 bits per heavy atom. The number of hydrogen-bond acceptors (Lipinski definition) is 4. The first-order chi connectivity index (χ1) is 11.0. The minimum Gasteiger partial charge on any atom is -0.495 e.